The zero-order valence-electron chi connectivity index (χ0n) is 43.4. The van der Waals surface area contributed by atoms with Gasteiger partial charge in [-0.2, -0.15) is 4.91 Å². The topological polar surface area (TPSA) is 562 Å². The number of aliphatic hydroxyl groups is 17. The van der Waals surface area contributed by atoms with Crippen molar-refractivity contribution < 1.29 is 158 Å². The average molecular weight is 1170 g/mol. The van der Waals surface area contributed by atoms with E-state index in [2.05, 4.69) is 10.5 Å². The second-order valence-corrected chi connectivity index (χ2v) is 19.7. The Hall–Kier alpha value is -3.11. The fourth-order valence-corrected chi connectivity index (χ4v) is 9.82. The highest BCUT2D eigenvalue weighted by Crippen LogP contribution is 2.41. The number of amides is 2. The first-order valence-electron chi connectivity index (χ1n) is 25.1. The van der Waals surface area contributed by atoms with Gasteiger partial charge in [-0.15, -0.1) is 0 Å². The number of nitroso groups, excluding NO2 is 1. The highest BCUT2D eigenvalue weighted by Gasteiger charge is 2.62. The van der Waals surface area contributed by atoms with Crippen molar-refractivity contribution in [3.05, 3.63) is 4.91 Å². The van der Waals surface area contributed by atoms with E-state index < -0.39 is 248 Å². The van der Waals surface area contributed by atoms with Gasteiger partial charge in [-0.1, -0.05) is 5.18 Å². The van der Waals surface area contributed by atoms with Gasteiger partial charge in [0.1, 0.15) is 122 Å². The summed E-state index contributed by atoms with van der Waals surface area (Å²) in [6.45, 7) is -4.69. The molecular formula is C44H75N3O33. The number of nitrogens with zero attached hydrogens (tertiary/aromatic N) is 2. The smallest absolute Gasteiger partial charge is 0.364 e. The molecule has 5 saturated heterocycles. The molecule has 0 saturated carbocycles. The van der Waals surface area contributed by atoms with Crippen LogP contribution < -0.4 is 5.32 Å². The second-order valence-electron chi connectivity index (χ2n) is 19.7. The summed E-state index contributed by atoms with van der Waals surface area (Å²) in [6.07, 6.45) is -52.3. The summed E-state index contributed by atoms with van der Waals surface area (Å²) >= 11 is 0. The molecule has 0 aromatic carbocycles. The lowest BCUT2D eigenvalue weighted by Crippen LogP contribution is -2.72. The number of likely N-dealkylation sites (N-methyl/N-ethyl adjacent to an activating group) is 1. The lowest BCUT2D eigenvalue weighted by atomic mass is 9.86. The molecular weight excluding hydrogens is 1100 g/mol. The van der Waals surface area contributed by atoms with Crippen LogP contribution in [0.2, 0.25) is 0 Å². The van der Waals surface area contributed by atoms with E-state index in [0.717, 1.165) is 25.8 Å². The van der Waals surface area contributed by atoms with Gasteiger partial charge in [-0.25, -0.2) is 4.79 Å². The number of rotatable bonds is 26. The molecule has 464 valence electrons. The summed E-state index contributed by atoms with van der Waals surface area (Å²) in [7, 11) is 1.09. The first-order chi connectivity index (χ1) is 37.7. The molecule has 5 fully saturated rings. The second kappa shape index (κ2) is 29.6. The van der Waals surface area contributed by atoms with E-state index in [0.29, 0.717) is 0 Å². The number of carbonyl (C=O) groups excluding carboxylic acids is 2. The summed E-state index contributed by atoms with van der Waals surface area (Å²) in [5.74, 6) is -7.37. The van der Waals surface area contributed by atoms with E-state index in [4.69, 9.17) is 52.1 Å². The molecule has 0 spiro atoms. The maximum Gasteiger partial charge on any atom is 0.364 e. The summed E-state index contributed by atoms with van der Waals surface area (Å²) in [4.78, 5) is 52.0. The molecule has 0 aromatic heterocycles. The quantitative estimate of drug-likeness (QED) is 0.0282. The molecule has 80 heavy (non-hydrogen) atoms. The predicted octanol–water partition coefficient (Wildman–Crippen LogP) is -12.2. The molecule has 2 amide bonds. The van der Waals surface area contributed by atoms with Gasteiger partial charge in [0.2, 0.25) is 11.8 Å². The fraction of sp³-hybridized carbons (Fsp3) is 0.932. The van der Waals surface area contributed by atoms with Crippen molar-refractivity contribution in [2.24, 2.45) is 5.18 Å². The van der Waals surface area contributed by atoms with Crippen molar-refractivity contribution in [1.82, 2.24) is 10.2 Å². The lowest BCUT2D eigenvalue weighted by molar-refractivity contribution is -0.401. The van der Waals surface area contributed by atoms with Gasteiger partial charge >= 0.3 is 5.97 Å². The number of aliphatic carboxylic acids is 1. The summed E-state index contributed by atoms with van der Waals surface area (Å²) in [6, 6.07) is -5.76. The largest absolute Gasteiger partial charge is 0.477 e. The lowest BCUT2D eigenvalue weighted by Gasteiger charge is -2.53. The third-order valence-corrected chi connectivity index (χ3v) is 14.3. The van der Waals surface area contributed by atoms with Crippen LogP contribution in [0.3, 0.4) is 0 Å². The van der Waals surface area contributed by atoms with Crippen LogP contribution in [-0.2, 0) is 66.5 Å². The maximum absolute atomic E-state index is 13.7. The van der Waals surface area contributed by atoms with Crippen molar-refractivity contribution in [1.29, 1.82) is 0 Å². The summed E-state index contributed by atoms with van der Waals surface area (Å²) < 4.78 is 64.1. The van der Waals surface area contributed by atoms with Gasteiger partial charge in [-0.05, 0) is 6.92 Å². The molecule has 0 aromatic rings. The molecule has 36 nitrogen and oxygen atoms in total. The number of nitrogens with one attached hydrogen (secondary N) is 1. The van der Waals surface area contributed by atoms with Crippen LogP contribution in [0.15, 0.2) is 5.18 Å². The Morgan fingerprint density at radius 3 is 1.76 bits per heavy atom. The van der Waals surface area contributed by atoms with E-state index in [1.165, 1.54) is 6.92 Å². The van der Waals surface area contributed by atoms with E-state index in [1.807, 2.05) is 0 Å². The molecule has 5 heterocycles. The highest BCUT2D eigenvalue weighted by atomic mass is 16.8. The Morgan fingerprint density at radius 1 is 0.650 bits per heavy atom. The number of hydrogen-bond donors (Lipinski definition) is 19. The Kier molecular flexibility index (Phi) is 25.1. The van der Waals surface area contributed by atoms with Gasteiger partial charge < -0.3 is 154 Å². The Bertz CT molecular complexity index is 1970. The van der Waals surface area contributed by atoms with Crippen LogP contribution in [0.1, 0.15) is 27.2 Å². The molecule has 22 unspecified atom stereocenters. The minimum Gasteiger partial charge on any atom is -0.477 e. The zero-order valence-corrected chi connectivity index (χ0v) is 43.4. The number of aliphatic hydroxyl groups excluding tert-OH is 17. The van der Waals surface area contributed by atoms with E-state index in [1.54, 1.807) is 0 Å². The van der Waals surface area contributed by atoms with Crippen LogP contribution in [0.25, 0.3) is 0 Å². The van der Waals surface area contributed by atoms with E-state index >= 15 is 0 Å². The third kappa shape index (κ3) is 14.9. The van der Waals surface area contributed by atoms with Gasteiger partial charge in [0.25, 0.3) is 5.79 Å². The van der Waals surface area contributed by atoms with Gasteiger partial charge in [0.05, 0.1) is 64.5 Å². The van der Waals surface area contributed by atoms with E-state index in [9.17, 15) is 111 Å². The molecule has 29 atom stereocenters. The fourth-order valence-electron chi connectivity index (χ4n) is 9.82. The Labute approximate surface area is 453 Å². The molecule has 19 N–H and O–H groups in total. The van der Waals surface area contributed by atoms with Crippen LogP contribution in [0.4, 0.5) is 0 Å². The maximum atomic E-state index is 13.7. The average Bonchev–Trinajstić information content (AvgIpc) is 3.42. The predicted molar refractivity (Wildman–Crippen MR) is 249 cm³/mol. The third-order valence-electron chi connectivity index (χ3n) is 14.3. The number of carboxylic acid groups (broad SMARTS) is 1. The zero-order chi connectivity index (χ0) is 59.8. The molecule has 0 radical (unpaired) electrons. The Morgan fingerprint density at radius 2 is 1.23 bits per heavy atom. The molecule has 36 heteroatoms. The number of carboxylic acids is 1. The molecule has 0 bridgehead atoms. The van der Waals surface area contributed by atoms with Crippen LogP contribution in [0.5, 0.6) is 0 Å². The van der Waals surface area contributed by atoms with Crippen LogP contribution in [0, 0.1) is 4.91 Å². The van der Waals surface area contributed by atoms with Gasteiger partial charge in [0.15, 0.2) is 31.5 Å². The minimum absolute atomic E-state index is 0.794. The monoisotopic (exact) mass is 1170 g/mol. The SMILES string of the molecule is CC(=O)NC1C(OC2C(CO)OC(OC(CO)C(CO)O[C@@H](O)CO)C(O)C2O[C@]2(C(=O)O)CC(O)[C@@H](N(C)C(C)=O)C([C@H](O)[C@@H](CO)N=O)O2)OC(CO)C(O)C1OC1OC(CO)C(O)C(O)C1O[C@@H]1OC(C)[C@@H](O)C(O)C1O. The number of ether oxygens (including phenoxy) is 11. The standard InChI is InChI=1S/C44H75N3O33/c1-13-26(59)30(63)32(65)40(70-13)78-38-31(64)28(61)20(9-51)74-42(38)77-35-24(45-14(2)55)39(73-21(10-52)29(35)62)76-34-22(11-53)75-41(72-19(8-50)18(7-49)71-23(58)12-54)33(66)37(34)80-44(43(67)68)5-17(57)25(47(4)15(3)56)36(79-44)27(60)16(6-48)46-69/h13,16-42,48-54,57-66H,5-12H2,1-4H3,(H,45,55)(H,67,68)/t13?,16-,17?,18?,19?,20?,21?,22?,23-,24?,25-,26-,27-,28?,29?,30?,31?,32?,33?,34?,35?,36?,37?,38?,39?,40+,41?,42?,44+/m1/s1. The number of hydrogen-bond acceptors (Lipinski definition) is 33. The van der Waals surface area contributed by atoms with Crippen molar-refractivity contribution in [2.45, 2.75) is 205 Å². The first-order valence-corrected chi connectivity index (χ1v) is 25.1. The van der Waals surface area contributed by atoms with Gasteiger partial charge in [0, 0.05) is 27.3 Å². The van der Waals surface area contributed by atoms with Gasteiger partial charge in [-0.3, -0.25) is 9.59 Å². The van der Waals surface area contributed by atoms with Crippen molar-refractivity contribution in [3.63, 3.8) is 0 Å². The Balaban J connectivity index is 1.64. The van der Waals surface area contributed by atoms with Crippen molar-refractivity contribution in [3.8, 4) is 0 Å². The summed E-state index contributed by atoms with van der Waals surface area (Å²) in [5, 5.41) is 198. The van der Waals surface area contributed by atoms with Crippen LogP contribution in [-0.4, -0.2) is 345 Å². The molecule has 0 aliphatic carbocycles. The number of carbonyl (C=O) groups is 3. The highest BCUT2D eigenvalue weighted by molar-refractivity contribution is 5.77. The van der Waals surface area contributed by atoms with Crippen molar-refractivity contribution >= 4 is 17.8 Å². The summed E-state index contributed by atoms with van der Waals surface area (Å²) in [5.41, 5.74) is 0. The van der Waals surface area contributed by atoms with E-state index in [-0.39, 0.29) is 0 Å². The molecule has 5 aliphatic rings. The molecule has 5 aliphatic heterocycles. The minimum atomic E-state index is -3.40. The normalized spacial score (nSPS) is 42.6. The molecule has 5 rings (SSSR count). The van der Waals surface area contributed by atoms with Crippen molar-refractivity contribution in [2.75, 3.05) is 53.3 Å². The van der Waals surface area contributed by atoms with Crippen LogP contribution >= 0.6 is 0 Å². The first kappa shape index (κ1) is 67.7.